The molecule has 3 nitrogen and oxygen atoms in total. The maximum atomic E-state index is 6.42. The van der Waals surface area contributed by atoms with E-state index in [1.165, 1.54) is 24.0 Å². The lowest BCUT2D eigenvalue weighted by Crippen LogP contribution is -2.47. The Bertz CT molecular complexity index is 428. The zero-order valence-electron chi connectivity index (χ0n) is 10.5. The third kappa shape index (κ3) is 1.83. The van der Waals surface area contributed by atoms with E-state index in [4.69, 9.17) is 10.5 Å². The number of rotatable bonds is 2. The highest BCUT2D eigenvalue weighted by molar-refractivity contribution is 5.39. The second kappa shape index (κ2) is 4.00. The molecule has 2 unspecified atom stereocenters. The molecule has 17 heavy (non-hydrogen) atoms. The van der Waals surface area contributed by atoms with Gasteiger partial charge in [0.15, 0.2) is 0 Å². The maximum Gasteiger partial charge on any atom is 0.119 e. The summed E-state index contributed by atoms with van der Waals surface area (Å²) in [5, 5.41) is 0. The van der Waals surface area contributed by atoms with Crippen LogP contribution in [0.25, 0.3) is 0 Å². The number of nitrogens with two attached hydrogens (primary N) is 1. The summed E-state index contributed by atoms with van der Waals surface area (Å²) in [5.74, 6) is 0.907. The summed E-state index contributed by atoms with van der Waals surface area (Å²) in [4.78, 5) is 2.47. The van der Waals surface area contributed by atoms with Crippen LogP contribution in [0.5, 0.6) is 5.75 Å². The average molecular weight is 232 g/mol. The summed E-state index contributed by atoms with van der Waals surface area (Å²) in [6.45, 7) is 2.28. The van der Waals surface area contributed by atoms with Crippen LogP contribution in [0, 0.1) is 0 Å². The minimum absolute atomic E-state index is 0.0383. The van der Waals surface area contributed by atoms with Crippen molar-refractivity contribution in [2.75, 3.05) is 7.11 Å². The molecule has 2 aliphatic rings. The van der Waals surface area contributed by atoms with Gasteiger partial charge in [-0.3, -0.25) is 4.90 Å². The fourth-order valence-electron chi connectivity index (χ4n) is 2.98. The fraction of sp³-hybridized carbons (Fsp3) is 0.571. The van der Waals surface area contributed by atoms with E-state index in [1.807, 2.05) is 6.07 Å². The molecule has 3 rings (SSSR count). The molecule has 0 aromatic heterocycles. The molecule has 1 aliphatic carbocycles. The van der Waals surface area contributed by atoms with Crippen molar-refractivity contribution in [1.29, 1.82) is 0 Å². The fourth-order valence-corrected chi connectivity index (χ4v) is 2.98. The zero-order valence-corrected chi connectivity index (χ0v) is 10.5. The van der Waals surface area contributed by atoms with Gasteiger partial charge in [-0.25, -0.2) is 0 Å². The summed E-state index contributed by atoms with van der Waals surface area (Å²) >= 11 is 0. The SMILES string of the molecule is COc1ccc2c(c1)C(N)N(C1CC1)C(C)C2. The van der Waals surface area contributed by atoms with Crippen molar-refractivity contribution in [3.8, 4) is 5.75 Å². The first kappa shape index (κ1) is 11.1. The number of ether oxygens (including phenoxy) is 1. The third-order valence-electron chi connectivity index (χ3n) is 3.99. The van der Waals surface area contributed by atoms with Crippen LogP contribution < -0.4 is 10.5 Å². The summed E-state index contributed by atoms with van der Waals surface area (Å²) in [6, 6.07) is 7.55. The molecule has 1 aliphatic heterocycles. The van der Waals surface area contributed by atoms with Crippen molar-refractivity contribution in [3.05, 3.63) is 29.3 Å². The predicted octanol–water partition coefficient (Wildman–Crippen LogP) is 2.06. The van der Waals surface area contributed by atoms with Crippen LogP contribution in [0.15, 0.2) is 18.2 Å². The lowest BCUT2D eigenvalue weighted by Gasteiger charge is -2.40. The van der Waals surface area contributed by atoms with Gasteiger partial charge in [0.25, 0.3) is 0 Å². The van der Waals surface area contributed by atoms with Gasteiger partial charge in [-0.1, -0.05) is 6.07 Å². The lowest BCUT2D eigenvalue weighted by atomic mass is 9.92. The van der Waals surface area contributed by atoms with Crippen LogP contribution in [0.4, 0.5) is 0 Å². The van der Waals surface area contributed by atoms with E-state index >= 15 is 0 Å². The zero-order chi connectivity index (χ0) is 12.0. The van der Waals surface area contributed by atoms with Crippen molar-refractivity contribution in [2.45, 2.75) is 44.4 Å². The molecule has 0 saturated heterocycles. The molecule has 0 amide bonds. The van der Waals surface area contributed by atoms with E-state index in [0.29, 0.717) is 12.1 Å². The second-order valence-electron chi connectivity index (χ2n) is 5.24. The van der Waals surface area contributed by atoms with Crippen molar-refractivity contribution < 1.29 is 4.74 Å². The largest absolute Gasteiger partial charge is 0.497 e. The van der Waals surface area contributed by atoms with Gasteiger partial charge in [-0.2, -0.15) is 0 Å². The smallest absolute Gasteiger partial charge is 0.119 e. The molecule has 1 aromatic carbocycles. The lowest BCUT2D eigenvalue weighted by molar-refractivity contribution is 0.120. The first-order valence-corrected chi connectivity index (χ1v) is 6.40. The van der Waals surface area contributed by atoms with Crippen LogP contribution in [0.2, 0.25) is 0 Å². The topological polar surface area (TPSA) is 38.5 Å². The van der Waals surface area contributed by atoms with Gasteiger partial charge in [0.1, 0.15) is 5.75 Å². The first-order valence-electron chi connectivity index (χ1n) is 6.40. The summed E-state index contributed by atoms with van der Waals surface area (Å²) in [6.07, 6.45) is 3.74. The summed E-state index contributed by atoms with van der Waals surface area (Å²) in [7, 11) is 1.71. The predicted molar refractivity (Wildman–Crippen MR) is 67.9 cm³/mol. The Morgan fingerprint density at radius 1 is 1.35 bits per heavy atom. The van der Waals surface area contributed by atoms with E-state index in [2.05, 4.69) is 24.0 Å². The second-order valence-corrected chi connectivity index (χ2v) is 5.24. The van der Waals surface area contributed by atoms with Crippen LogP contribution in [0.1, 0.15) is 37.1 Å². The molecule has 92 valence electrons. The normalized spacial score (nSPS) is 28.9. The van der Waals surface area contributed by atoms with Crippen molar-refractivity contribution >= 4 is 0 Å². The molecular weight excluding hydrogens is 212 g/mol. The Morgan fingerprint density at radius 3 is 2.76 bits per heavy atom. The molecule has 2 atom stereocenters. The highest BCUT2D eigenvalue weighted by Crippen LogP contribution is 2.39. The Labute approximate surface area is 103 Å². The van der Waals surface area contributed by atoms with Crippen molar-refractivity contribution in [1.82, 2.24) is 4.90 Å². The minimum Gasteiger partial charge on any atom is -0.497 e. The number of hydrogen-bond donors (Lipinski definition) is 1. The minimum atomic E-state index is 0.0383. The Hall–Kier alpha value is -1.06. The molecule has 3 heteroatoms. The van der Waals surface area contributed by atoms with Gasteiger partial charge < -0.3 is 10.5 Å². The Kier molecular flexibility index (Phi) is 2.60. The molecule has 1 fully saturated rings. The molecule has 1 heterocycles. The standard InChI is InChI=1S/C14H20N2O/c1-9-7-10-3-6-12(17-2)8-13(10)14(15)16(9)11-4-5-11/h3,6,8-9,11,14H,4-5,7,15H2,1-2H3. The molecular formula is C14H20N2O. The highest BCUT2D eigenvalue weighted by atomic mass is 16.5. The molecule has 0 radical (unpaired) electrons. The van der Waals surface area contributed by atoms with Crippen molar-refractivity contribution in [2.24, 2.45) is 5.73 Å². The van der Waals surface area contributed by atoms with Gasteiger partial charge >= 0.3 is 0 Å². The van der Waals surface area contributed by atoms with E-state index in [9.17, 15) is 0 Å². The molecule has 1 aromatic rings. The third-order valence-corrected chi connectivity index (χ3v) is 3.99. The number of nitrogens with zero attached hydrogens (tertiary/aromatic N) is 1. The van der Waals surface area contributed by atoms with Crippen LogP contribution >= 0.6 is 0 Å². The van der Waals surface area contributed by atoms with Gasteiger partial charge in [0.2, 0.25) is 0 Å². The number of hydrogen-bond acceptors (Lipinski definition) is 3. The average Bonchev–Trinajstić information content (AvgIpc) is 3.13. The maximum absolute atomic E-state index is 6.42. The van der Waals surface area contributed by atoms with Gasteiger partial charge in [0, 0.05) is 12.1 Å². The van der Waals surface area contributed by atoms with Crippen LogP contribution in [0.3, 0.4) is 0 Å². The van der Waals surface area contributed by atoms with Gasteiger partial charge in [-0.15, -0.1) is 0 Å². The van der Waals surface area contributed by atoms with E-state index in [1.54, 1.807) is 7.11 Å². The van der Waals surface area contributed by atoms with E-state index < -0.39 is 0 Å². The summed E-state index contributed by atoms with van der Waals surface area (Å²) < 4.78 is 5.29. The number of benzene rings is 1. The molecule has 0 bridgehead atoms. The quantitative estimate of drug-likeness (QED) is 0.848. The monoisotopic (exact) mass is 232 g/mol. The van der Waals surface area contributed by atoms with Crippen LogP contribution in [-0.2, 0) is 6.42 Å². The Balaban J connectivity index is 1.97. The number of fused-ring (bicyclic) bond motifs is 1. The van der Waals surface area contributed by atoms with Crippen molar-refractivity contribution in [3.63, 3.8) is 0 Å². The van der Waals surface area contributed by atoms with E-state index in [0.717, 1.165) is 12.2 Å². The molecule has 2 N–H and O–H groups in total. The molecule has 1 saturated carbocycles. The van der Waals surface area contributed by atoms with Gasteiger partial charge in [-0.05, 0) is 49.4 Å². The van der Waals surface area contributed by atoms with Gasteiger partial charge in [0.05, 0.1) is 13.3 Å². The van der Waals surface area contributed by atoms with E-state index in [-0.39, 0.29) is 6.17 Å². The number of methoxy groups -OCH3 is 1. The first-order chi connectivity index (χ1) is 8.20. The highest BCUT2D eigenvalue weighted by Gasteiger charge is 2.39. The Morgan fingerprint density at radius 2 is 2.12 bits per heavy atom. The van der Waals surface area contributed by atoms with Crippen LogP contribution in [-0.4, -0.2) is 24.1 Å². The summed E-state index contributed by atoms with van der Waals surface area (Å²) in [5.41, 5.74) is 9.04. The molecule has 0 spiro atoms.